The third-order valence-electron chi connectivity index (χ3n) is 5.72. The molecule has 0 fully saturated rings. The van der Waals surface area contributed by atoms with Crippen LogP contribution in [0.4, 0.5) is 45.2 Å². The van der Waals surface area contributed by atoms with Gasteiger partial charge in [0.15, 0.2) is 0 Å². The summed E-state index contributed by atoms with van der Waals surface area (Å²) in [5.41, 5.74) is -3.35. The van der Waals surface area contributed by atoms with E-state index in [1.807, 2.05) is 13.8 Å². The van der Waals surface area contributed by atoms with Gasteiger partial charge in [-0.05, 0) is 66.8 Å². The van der Waals surface area contributed by atoms with Crippen molar-refractivity contribution in [3.8, 4) is 0 Å². The quantitative estimate of drug-likeness (QED) is 0.207. The van der Waals surface area contributed by atoms with Crippen molar-refractivity contribution in [2.24, 2.45) is 0 Å². The fourth-order valence-corrected chi connectivity index (χ4v) is 3.84. The van der Waals surface area contributed by atoms with Crippen LogP contribution < -0.4 is 10.6 Å². The van der Waals surface area contributed by atoms with E-state index in [2.05, 4.69) is 15.4 Å². The van der Waals surface area contributed by atoms with Gasteiger partial charge in [0.1, 0.15) is 0 Å². The minimum atomic E-state index is -4.98. The summed E-state index contributed by atoms with van der Waals surface area (Å²) in [6.07, 6.45) is -12.7. The van der Waals surface area contributed by atoms with Gasteiger partial charge in [-0.3, -0.25) is 4.79 Å². The van der Waals surface area contributed by atoms with Gasteiger partial charge in [-0.15, -0.1) is 0 Å². The van der Waals surface area contributed by atoms with Crippen LogP contribution >= 0.6 is 0 Å². The van der Waals surface area contributed by atoms with Gasteiger partial charge in [0.05, 0.1) is 23.3 Å². The summed E-state index contributed by atoms with van der Waals surface area (Å²) in [5.74, 6) is 0. The number of ether oxygens (including phenoxy) is 1. The van der Waals surface area contributed by atoms with Crippen LogP contribution in [0.5, 0.6) is 0 Å². The van der Waals surface area contributed by atoms with Gasteiger partial charge in [0.25, 0.3) is 6.47 Å². The average Bonchev–Trinajstić information content (AvgIpc) is 2.84. The molecule has 2 N–H and O–H groups in total. The summed E-state index contributed by atoms with van der Waals surface area (Å²) < 4.78 is 122. The highest BCUT2D eigenvalue weighted by atomic mass is 19.4. The van der Waals surface area contributed by atoms with Gasteiger partial charge in [0.2, 0.25) is 0 Å². The normalized spacial score (nSPS) is 17.6. The molecule has 1 heterocycles. The van der Waals surface area contributed by atoms with Crippen LogP contribution in [0.15, 0.2) is 36.4 Å². The number of fused-ring (bicyclic) bond motifs is 1. The minimum absolute atomic E-state index is 0.0338. The van der Waals surface area contributed by atoms with Crippen LogP contribution in [-0.4, -0.2) is 19.1 Å². The van der Waals surface area contributed by atoms with Crippen molar-refractivity contribution in [3.05, 3.63) is 64.2 Å². The molecule has 4 nitrogen and oxygen atoms in total. The number of hydrogen-bond acceptors (Lipinski definition) is 4. The molecule has 13 heteroatoms. The molecule has 2 unspecified atom stereocenters. The maximum absolute atomic E-state index is 13.1. The zero-order valence-corrected chi connectivity index (χ0v) is 20.4. The molecule has 0 aromatic heterocycles. The van der Waals surface area contributed by atoms with Crippen molar-refractivity contribution in [3.63, 3.8) is 0 Å². The van der Waals surface area contributed by atoms with Gasteiger partial charge in [0, 0.05) is 24.3 Å². The van der Waals surface area contributed by atoms with E-state index in [4.69, 9.17) is 0 Å². The molecule has 0 aliphatic carbocycles. The monoisotopic (exact) mass is 558 g/mol. The molecule has 0 saturated carbocycles. The van der Waals surface area contributed by atoms with Crippen molar-refractivity contribution in [1.29, 1.82) is 0 Å². The molecule has 2 atom stereocenters. The molecule has 212 valence electrons. The maximum atomic E-state index is 13.1. The Labute approximate surface area is 213 Å². The van der Waals surface area contributed by atoms with Crippen LogP contribution in [-0.2, 0) is 34.6 Å². The lowest BCUT2D eigenvalue weighted by molar-refractivity contribution is -0.143. The first kappa shape index (κ1) is 31.3. The van der Waals surface area contributed by atoms with E-state index in [-0.39, 0.29) is 29.8 Å². The van der Waals surface area contributed by atoms with Crippen molar-refractivity contribution in [2.45, 2.75) is 70.3 Å². The molecule has 2 aromatic rings. The van der Waals surface area contributed by atoms with E-state index >= 15 is 0 Å². The Morgan fingerprint density at radius 1 is 0.895 bits per heavy atom. The Bertz CT molecular complexity index is 1030. The molecule has 0 spiro atoms. The van der Waals surface area contributed by atoms with Gasteiger partial charge >= 0.3 is 18.5 Å². The van der Waals surface area contributed by atoms with Crippen molar-refractivity contribution in [1.82, 2.24) is 5.32 Å². The van der Waals surface area contributed by atoms with Gasteiger partial charge < -0.3 is 15.4 Å². The van der Waals surface area contributed by atoms with E-state index in [0.29, 0.717) is 43.7 Å². The molecule has 0 bridgehead atoms. The van der Waals surface area contributed by atoms with E-state index < -0.39 is 41.3 Å². The number of anilines is 1. The Balaban J connectivity index is 0.000000757. The number of hydrogen-bond donors (Lipinski definition) is 2. The first-order valence-electron chi connectivity index (χ1n) is 11.6. The molecule has 0 radical (unpaired) electrons. The summed E-state index contributed by atoms with van der Waals surface area (Å²) in [7, 11) is 0. The first-order chi connectivity index (χ1) is 17.6. The standard InChI is InChI=1S/C21H19F9N2.C4H8O2/c1-2-15-9-18(16-8-12(19(22,23)24)3-4-17(16)32-15)31-10-11-5-13(20(25,26)27)7-14(6-11)21(28,29)30;1-2-3-6-4-5/h3-8,15,18,31-32H,2,9-10H2,1H3;4H,2-3H2,1H3. The van der Waals surface area contributed by atoms with Crippen molar-refractivity contribution < 1.29 is 49.0 Å². The Kier molecular flexibility index (Phi) is 10.5. The Morgan fingerprint density at radius 3 is 1.92 bits per heavy atom. The highest BCUT2D eigenvalue weighted by Gasteiger charge is 2.37. The molecular weight excluding hydrogens is 531 g/mol. The van der Waals surface area contributed by atoms with Gasteiger partial charge in [-0.25, -0.2) is 0 Å². The lowest BCUT2D eigenvalue weighted by atomic mass is 9.90. The fourth-order valence-electron chi connectivity index (χ4n) is 3.84. The van der Waals surface area contributed by atoms with Gasteiger partial charge in [-0.1, -0.05) is 13.8 Å². The second kappa shape index (κ2) is 12.7. The maximum Gasteiger partial charge on any atom is 0.416 e. The number of benzene rings is 2. The molecule has 38 heavy (non-hydrogen) atoms. The number of rotatable bonds is 7. The second-order valence-electron chi connectivity index (χ2n) is 8.60. The number of halogens is 9. The first-order valence-corrected chi connectivity index (χ1v) is 11.6. The summed E-state index contributed by atoms with van der Waals surface area (Å²) in [6, 6.07) is 3.57. The number of carbonyl (C=O) groups excluding carboxylic acids is 1. The molecule has 0 saturated heterocycles. The zero-order valence-electron chi connectivity index (χ0n) is 20.4. The Hall–Kier alpha value is -2.96. The van der Waals surface area contributed by atoms with Crippen LogP contribution in [0.25, 0.3) is 0 Å². The molecule has 2 aromatic carbocycles. The van der Waals surface area contributed by atoms with E-state index in [0.717, 1.165) is 18.6 Å². The van der Waals surface area contributed by atoms with Crippen LogP contribution in [0.1, 0.15) is 67.0 Å². The summed E-state index contributed by atoms with van der Waals surface area (Å²) in [4.78, 5) is 9.34. The van der Waals surface area contributed by atoms with Gasteiger partial charge in [-0.2, -0.15) is 39.5 Å². The predicted octanol–water partition coefficient (Wildman–Crippen LogP) is 7.74. The van der Waals surface area contributed by atoms with Crippen LogP contribution in [0.2, 0.25) is 0 Å². The van der Waals surface area contributed by atoms with Crippen molar-refractivity contribution in [2.75, 3.05) is 11.9 Å². The summed E-state index contributed by atoms with van der Waals surface area (Å²) in [5, 5.41) is 5.96. The molecule has 0 amide bonds. The smallest absolute Gasteiger partial charge is 0.416 e. The predicted molar refractivity (Wildman–Crippen MR) is 122 cm³/mol. The average molecular weight is 558 g/mol. The molecular formula is C25H27F9N2O2. The second-order valence-corrected chi connectivity index (χ2v) is 8.60. The lowest BCUT2D eigenvalue weighted by Gasteiger charge is -2.34. The summed E-state index contributed by atoms with van der Waals surface area (Å²) in [6.45, 7) is 4.42. The fraction of sp³-hybridized carbons (Fsp3) is 0.480. The van der Waals surface area contributed by atoms with Crippen molar-refractivity contribution >= 4 is 12.2 Å². The highest BCUT2D eigenvalue weighted by Crippen LogP contribution is 2.39. The topological polar surface area (TPSA) is 50.4 Å². The summed E-state index contributed by atoms with van der Waals surface area (Å²) >= 11 is 0. The number of nitrogens with one attached hydrogen (secondary N) is 2. The highest BCUT2D eigenvalue weighted by molar-refractivity contribution is 5.57. The number of carbonyl (C=O) groups is 1. The molecule has 1 aliphatic heterocycles. The van der Waals surface area contributed by atoms with Crippen LogP contribution in [0.3, 0.4) is 0 Å². The molecule has 1 aliphatic rings. The molecule has 3 rings (SSSR count). The van der Waals surface area contributed by atoms with Crippen LogP contribution in [0, 0.1) is 0 Å². The third kappa shape index (κ3) is 8.81. The largest absolute Gasteiger partial charge is 0.468 e. The Morgan fingerprint density at radius 2 is 1.47 bits per heavy atom. The minimum Gasteiger partial charge on any atom is -0.468 e. The number of alkyl halides is 9. The van der Waals surface area contributed by atoms with E-state index in [9.17, 15) is 44.3 Å². The van der Waals surface area contributed by atoms with E-state index in [1.54, 1.807) is 0 Å². The zero-order chi connectivity index (χ0) is 28.7. The third-order valence-corrected chi connectivity index (χ3v) is 5.72. The SMILES string of the molecule is CCC1CC(NCc2cc(C(F)(F)F)cc(C(F)(F)F)c2)c2cc(C(F)(F)F)ccc2N1.CCCOC=O. The lowest BCUT2D eigenvalue weighted by Crippen LogP contribution is -2.34. The van der Waals surface area contributed by atoms with E-state index in [1.165, 1.54) is 6.07 Å².